The third-order valence-electron chi connectivity index (χ3n) is 6.52. The molecule has 0 aromatic heterocycles. The fourth-order valence-corrected chi connectivity index (χ4v) is 4.98. The van der Waals surface area contributed by atoms with Gasteiger partial charge in [-0.15, -0.1) is 0 Å². The molecule has 2 heterocycles. The largest absolute Gasteiger partial charge is 0.507 e. The van der Waals surface area contributed by atoms with Crippen molar-refractivity contribution in [3.63, 3.8) is 0 Å². The zero-order chi connectivity index (χ0) is 21.1. The predicted molar refractivity (Wildman–Crippen MR) is 117 cm³/mol. The normalized spacial score (nSPS) is 23.9. The van der Waals surface area contributed by atoms with Gasteiger partial charge in [-0.2, -0.15) is 0 Å². The molecule has 30 heavy (non-hydrogen) atoms. The lowest BCUT2D eigenvalue weighted by Crippen LogP contribution is -2.41. The summed E-state index contributed by atoms with van der Waals surface area (Å²) < 4.78 is 6.05. The number of nitrogens with one attached hydrogen (secondary N) is 1. The fraction of sp³-hybridized carbons (Fsp3) is 0.480. The molecule has 5 heteroatoms. The Hall–Kier alpha value is -2.37. The summed E-state index contributed by atoms with van der Waals surface area (Å²) in [6.07, 6.45) is 1.49. The lowest BCUT2D eigenvalue weighted by atomic mass is 9.83. The first-order chi connectivity index (χ1) is 14.5. The Labute approximate surface area is 179 Å². The van der Waals surface area contributed by atoms with Gasteiger partial charge >= 0.3 is 0 Å². The molecule has 2 N–H and O–H groups in total. The van der Waals surface area contributed by atoms with Gasteiger partial charge in [0.25, 0.3) is 0 Å². The molecule has 0 saturated carbocycles. The molecule has 2 aromatic rings. The summed E-state index contributed by atoms with van der Waals surface area (Å²) in [6.45, 7) is 8.00. The minimum Gasteiger partial charge on any atom is -0.507 e. The molecule has 2 aliphatic rings. The van der Waals surface area contributed by atoms with E-state index in [9.17, 15) is 9.90 Å². The number of aryl methyl sites for hydroxylation is 2. The molecule has 5 nitrogen and oxygen atoms in total. The molecule has 0 aliphatic carbocycles. The molecule has 0 unspecified atom stereocenters. The molecule has 4 rings (SSSR count). The van der Waals surface area contributed by atoms with Crippen LogP contribution in [0.15, 0.2) is 42.5 Å². The molecule has 0 radical (unpaired) electrons. The van der Waals surface area contributed by atoms with Crippen LogP contribution in [0.25, 0.3) is 0 Å². The molecule has 3 atom stereocenters. The second-order valence-electron chi connectivity index (χ2n) is 8.88. The van der Waals surface area contributed by atoms with Gasteiger partial charge in [0.2, 0.25) is 5.91 Å². The van der Waals surface area contributed by atoms with Crippen LogP contribution < -0.4 is 5.32 Å². The molecular weight excluding hydrogens is 376 g/mol. The number of ether oxygens (including phenoxy) is 1. The lowest BCUT2D eigenvalue weighted by Gasteiger charge is -2.35. The van der Waals surface area contributed by atoms with E-state index in [0.29, 0.717) is 30.6 Å². The van der Waals surface area contributed by atoms with E-state index in [1.807, 2.05) is 43.3 Å². The van der Waals surface area contributed by atoms with E-state index in [1.165, 1.54) is 5.56 Å². The van der Waals surface area contributed by atoms with Gasteiger partial charge in [-0.3, -0.25) is 9.69 Å². The van der Waals surface area contributed by atoms with Crippen molar-refractivity contribution in [3.8, 4) is 5.75 Å². The van der Waals surface area contributed by atoms with E-state index >= 15 is 0 Å². The van der Waals surface area contributed by atoms with Gasteiger partial charge in [-0.25, -0.2) is 0 Å². The van der Waals surface area contributed by atoms with Gasteiger partial charge < -0.3 is 15.2 Å². The summed E-state index contributed by atoms with van der Waals surface area (Å²) in [6, 6.07) is 14.1. The van der Waals surface area contributed by atoms with Crippen molar-refractivity contribution in [1.29, 1.82) is 0 Å². The van der Waals surface area contributed by atoms with Crippen molar-refractivity contribution in [2.75, 3.05) is 19.7 Å². The maximum absolute atomic E-state index is 12.4. The molecular formula is C25H32N2O3. The number of fused-ring (bicyclic) bond motifs is 1. The zero-order valence-electron chi connectivity index (χ0n) is 17.9. The number of hydrogen-bond acceptors (Lipinski definition) is 4. The molecule has 2 fully saturated rings. The number of rotatable bonds is 6. The predicted octanol–water partition coefficient (Wildman–Crippen LogP) is 3.55. The first-order valence-corrected chi connectivity index (χ1v) is 10.9. The van der Waals surface area contributed by atoms with E-state index in [4.69, 9.17) is 4.74 Å². The van der Waals surface area contributed by atoms with Crippen molar-refractivity contribution in [3.05, 3.63) is 64.7 Å². The topological polar surface area (TPSA) is 61.8 Å². The highest BCUT2D eigenvalue weighted by molar-refractivity contribution is 5.76. The Morgan fingerprint density at radius 1 is 1.23 bits per heavy atom. The van der Waals surface area contributed by atoms with Gasteiger partial charge in [-0.1, -0.05) is 48.0 Å². The number of benzene rings is 2. The second-order valence-corrected chi connectivity index (χ2v) is 8.88. The highest BCUT2D eigenvalue weighted by Gasteiger charge is 2.41. The van der Waals surface area contributed by atoms with Crippen molar-refractivity contribution < 1.29 is 14.6 Å². The maximum atomic E-state index is 12.4. The van der Waals surface area contributed by atoms with Crippen LogP contribution in [0.2, 0.25) is 0 Å². The number of phenols is 1. The first-order valence-electron chi connectivity index (χ1n) is 10.9. The molecule has 160 valence electrons. The van der Waals surface area contributed by atoms with Gasteiger partial charge in [0.05, 0.1) is 19.1 Å². The molecule has 2 aromatic carbocycles. The quantitative estimate of drug-likeness (QED) is 0.767. The van der Waals surface area contributed by atoms with Crippen LogP contribution in [0, 0.1) is 25.7 Å². The Morgan fingerprint density at radius 2 is 2.03 bits per heavy atom. The molecule has 2 aliphatic heterocycles. The fourth-order valence-electron chi connectivity index (χ4n) is 4.98. The Morgan fingerprint density at radius 3 is 2.83 bits per heavy atom. The van der Waals surface area contributed by atoms with Crippen LogP contribution in [-0.2, 0) is 22.6 Å². The number of carbonyl (C=O) groups excluding carboxylic acids is 1. The summed E-state index contributed by atoms with van der Waals surface area (Å²) >= 11 is 0. The van der Waals surface area contributed by atoms with Crippen LogP contribution in [0.1, 0.15) is 35.1 Å². The smallest absolute Gasteiger partial charge is 0.222 e. The number of phenolic OH excluding ortho intramolecular Hbond substituents is 1. The Kier molecular flexibility index (Phi) is 6.40. The van der Waals surface area contributed by atoms with Gasteiger partial charge in [0, 0.05) is 31.1 Å². The monoisotopic (exact) mass is 408 g/mol. The minimum absolute atomic E-state index is 0.0162. The number of piperidine rings is 1. The molecule has 0 bridgehead atoms. The highest BCUT2D eigenvalue weighted by Crippen LogP contribution is 2.37. The highest BCUT2D eigenvalue weighted by atomic mass is 16.5. The van der Waals surface area contributed by atoms with E-state index in [2.05, 4.69) is 23.2 Å². The summed E-state index contributed by atoms with van der Waals surface area (Å²) in [7, 11) is 0. The zero-order valence-corrected chi connectivity index (χ0v) is 17.9. The minimum atomic E-state index is 0.0162. The average Bonchev–Trinajstić information content (AvgIpc) is 3.13. The summed E-state index contributed by atoms with van der Waals surface area (Å²) in [5.74, 6) is 1.38. The number of amides is 1. The molecule has 2 saturated heterocycles. The van der Waals surface area contributed by atoms with E-state index < -0.39 is 0 Å². The Balaban J connectivity index is 1.28. The number of likely N-dealkylation sites (tertiary alicyclic amines) is 1. The third kappa shape index (κ3) is 4.85. The van der Waals surface area contributed by atoms with Gasteiger partial charge in [-0.05, 0) is 43.9 Å². The maximum Gasteiger partial charge on any atom is 0.222 e. The van der Waals surface area contributed by atoms with Crippen molar-refractivity contribution >= 4 is 5.91 Å². The number of carbonyl (C=O) groups is 1. The number of nitrogens with zero attached hydrogens (tertiary/aromatic N) is 1. The third-order valence-corrected chi connectivity index (χ3v) is 6.52. The summed E-state index contributed by atoms with van der Waals surface area (Å²) in [4.78, 5) is 14.8. The lowest BCUT2D eigenvalue weighted by molar-refractivity contribution is -0.124. The van der Waals surface area contributed by atoms with Crippen LogP contribution in [0.4, 0.5) is 0 Å². The van der Waals surface area contributed by atoms with E-state index in [1.54, 1.807) is 0 Å². The van der Waals surface area contributed by atoms with Crippen LogP contribution in [0.5, 0.6) is 5.75 Å². The van der Waals surface area contributed by atoms with Crippen LogP contribution in [-0.4, -0.2) is 41.7 Å². The van der Waals surface area contributed by atoms with E-state index in [0.717, 1.165) is 49.4 Å². The van der Waals surface area contributed by atoms with Gasteiger partial charge in [0.1, 0.15) is 5.75 Å². The van der Waals surface area contributed by atoms with E-state index in [-0.39, 0.29) is 12.0 Å². The van der Waals surface area contributed by atoms with Crippen molar-refractivity contribution in [2.45, 2.75) is 45.9 Å². The summed E-state index contributed by atoms with van der Waals surface area (Å²) in [5.41, 5.74) is 4.23. The number of hydrogen-bond donors (Lipinski definition) is 2. The van der Waals surface area contributed by atoms with Crippen LogP contribution >= 0.6 is 0 Å². The first kappa shape index (κ1) is 20.9. The Bertz CT molecular complexity index is 883. The van der Waals surface area contributed by atoms with Crippen molar-refractivity contribution in [1.82, 2.24) is 10.2 Å². The SMILES string of the molecule is Cc1cc(C)c(O)c(CN2CC[C@@H]3[C@@H](CO[C@H]3CC(=O)NCc3ccccc3)C2)c1. The number of aromatic hydroxyl groups is 1. The second kappa shape index (κ2) is 9.19. The molecule has 0 spiro atoms. The standard InChI is InChI=1S/C25H32N2O3/c1-17-10-18(2)25(29)20(11-17)14-27-9-8-22-21(15-27)16-30-23(22)12-24(28)26-13-19-6-4-3-5-7-19/h3-7,10-11,21-23,29H,8-9,12-16H2,1-2H3,(H,26,28)/t21-,22-,23+/m1/s1. The summed E-state index contributed by atoms with van der Waals surface area (Å²) in [5, 5.41) is 13.4. The van der Waals surface area contributed by atoms with Crippen LogP contribution in [0.3, 0.4) is 0 Å². The molecule has 1 amide bonds. The average molecular weight is 409 g/mol. The van der Waals surface area contributed by atoms with Gasteiger partial charge in [0.15, 0.2) is 0 Å². The van der Waals surface area contributed by atoms with Crippen molar-refractivity contribution in [2.24, 2.45) is 11.8 Å².